The van der Waals surface area contributed by atoms with Gasteiger partial charge in [-0.1, -0.05) is 6.07 Å². The van der Waals surface area contributed by atoms with E-state index in [9.17, 15) is 22.4 Å². The predicted octanol–water partition coefficient (Wildman–Crippen LogP) is 5.05. The topological polar surface area (TPSA) is 86.9 Å². The largest absolute Gasteiger partial charge is 0.573 e. The molecule has 0 spiro atoms. The lowest BCUT2D eigenvalue weighted by Crippen LogP contribution is -2.49. The molecule has 0 radical (unpaired) electrons. The molecule has 3 atom stereocenters. The van der Waals surface area contributed by atoms with E-state index in [0.29, 0.717) is 29.6 Å². The number of carbonyl (C=O) groups is 1. The third kappa shape index (κ3) is 4.33. The number of hydrogen-bond donors (Lipinski definition) is 1. The minimum Gasteiger partial charge on any atom is -0.406 e. The molecule has 1 saturated heterocycles. The fourth-order valence-corrected chi connectivity index (χ4v) is 4.92. The van der Waals surface area contributed by atoms with Gasteiger partial charge in [0.25, 0.3) is 5.91 Å². The van der Waals surface area contributed by atoms with Crippen molar-refractivity contribution in [2.24, 2.45) is 0 Å². The van der Waals surface area contributed by atoms with Gasteiger partial charge in [0.1, 0.15) is 17.4 Å². The Kier molecular flexibility index (Phi) is 6.00. The van der Waals surface area contributed by atoms with Crippen LogP contribution in [0.4, 0.5) is 23.4 Å². The van der Waals surface area contributed by atoms with E-state index in [4.69, 9.17) is 15.2 Å². The summed E-state index contributed by atoms with van der Waals surface area (Å²) in [5.41, 5.74) is 8.79. The minimum absolute atomic E-state index is 0.0150. The molecule has 0 bridgehead atoms. The fourth-order valence-electron chi connectivity index (χ4n) is 4.92. The van der Waals surface area contributed by atoms with Crippen LogP contribution in [0.3, 0.4) is 0 Å². The Labute approximate surface area is 203 Å². The summed E-state index contributed by atoms with van der Waals surface area (Å²) in [7, 11) is 0. The summed E-state index contributed by atoms with van der Waals surface area (Å²) in [5.74, 6) is -1.60. The number of ether oxygens (including phenoxy) is 3. The lowest BCUT2D eigenvalue weighted by Gasteiger charge is -2.41. The number of alkyl halides is 3. The van der Waals surface area contributed by atoms with Gasteiger partial charge in [-0.2, -0.15) is 0 Å². The number of fused-ring (bicyclic) bond motifs is 3. The molecular weight excluding hydrogens is 482 g/mol. The van der Waals surface area contributed by atoms with Crippen LogP contribution in [0, 0.1) is 5.82 Å². The van der Waals surface area contributed by atoms with E-state index in [1.807, 2.05) is 6.92 Å². The number of carbonyl (C=O) groups excluding carboxylic acids is 1. The molecule has 3 heterocycles. The van der Waals surface area contributed by atoms with Crippen molar-refractivity contribution in [2.75, 3.05) is 18.9 Å². The summed E-state index contributed by atoms with van der Waals surface area (Å²) in [6.45, 7) is 4.19. The zero-order valence-electron chi connectivity index (χ0n) is 19.4. The Morgan fingerprint density at radius 1 is 1.17 bits per heavy atom. The molecule has 1 amide bonds. The fraction of sp³-hybridized carbons (Fsp3) is 0.360. The van der Waals surface area contributed by atoms with Gasteiger partial charge in [0, 0.05) is 28.1 Å². The van der Waals surface area contributed by atoms with Crippen molar-refractivity contribution in [1.82, 2.24) is 9.88 Å². The second-order valence-electron chi connectivity index (χ2n) is 8.92. The zero-order valence-corrected chi connectivity index (χ0v) is 19.4. The van der Waals surface area contributed by atoms with Crippen molar-refractivity contribution in [1.29, 1.82) is 0 Å². The van der Waals surface area contributed by atoms with Gasteiger partial charge < -0.3 is 24.8 Å². The highest BCUT2D eigenvalue weighted by Gasteiger charge is 2.37. The van der Waals surface area contributed by atoms with E-state index in [0.717, 1.165) is 22.6 Å². The zero-order chi connectivity index (χ0) is 25.8. The maximum Gasteiger partial charge on any atom is 0.573 e. The second kappa shape index (κ2) is 8.90. The normalized spacial score (nSPS) is 22.1. The predicted molar refractivity (Wildman–Crippen MR) is 122 cm³/mol. The lowest BCUT2D eigenvalue weighted by atomic mass is 9.97. The van der Waals surface area contributed by atoms with E-state index < -0.39 is 30.0 Å². The van der Waals surface area contributed by atoms with Crippen molar-refractivity contribution in [3.63, 3.8) is 0 Å². The molecule has 1 aromatic heterocycles. The van der Waals surface area contributed by atoms with Crippen LogP contribution in [-0.2, 0) is 16.1 Å². The highest BCUT2D eigenvalue weighted by atomic mass is 19.4. The number of aromatic nitrogens is 1. The number of nitrogens with zero attached hydrogens (tertiary/aromatic N) is 2. The summed E-state index contributed by atoms with van der Waals surface area (Å²) < 4.78 is 67.6. The maximum absolute atomic E-state index is 14.9. The Bertz CT molecular complexity index is 1350. The number of rotatable bonds is 3. The molecule has 2 aliphatic heterocycles. The number of morpholine rings is 1. The highest BCUT2D eigenvalue weighted by molar-refractivity contribution is 5.99. The van der Waals surface area contributed by atoms with Crippen LogP contribution in [0.1, 0.15) is 53.0 Å². The quantitative estimate of drug-likeness (QED) is 0.502. The molecule has 0 unspecified atom stereocenters. The van der Waals surface area contributed by atoms with Gasteiger partial charge in [-0.3, -0.25) is 4.79 Å². The Morgan fingerprint density at radius 2 is 1.94 bits per heavy atom. The molecule has 7 nitrogen and oxygen atoms in total. The third-order valence-electron chi connectivity index (χ3n) is 6.54. The summed E-state index contributed by atoms with van der Waals surface area (Å²) in [6, 6.07) is 6.63. The smallest absolute Gasteiger partial charge is 0.406 e. The van der Waals surface area contributed by atoms with E-state index >= 15 is 0 Å². The monoisotopic (exact) mass is 505 g/mol. The number of nitrogens with two attached hydrogens (primary N) is 1. The van der Waals surface area contributed by atoms with Crippen molar-refractivity contribution in [3.05, 3.63) is 64.5 Å². The summed E-state index contributed by atoms with van der Waals surface area (Å²) in [6.07, 6.45) is -5.16. The first kappa shape index (κ1) is 24.3. The van der Waals surface area contributed by atoms with Gasteiger partial charge in [-0.25, -0.2) is 9.37 Å². The van der Waals surface area contributed by atoms with Crippen LogP contribution in [-0.4, -0.2) is 41.4 Å². The molecule has 36 heavy (non-hydrogen) atoms. The standard InChI is InChI=1S/C25H23F4N3O4/c1-12-9-34-11-21(16-5-4-15(8-19(16)26)36-25(27,28)29)32(12)24(33)14-3-6-20-17(7-14)18-10-35-13(2)22(18)23(30)31-20/h3-8,12-13,21H,9-11H2,1-2H3,(H2,30,31)/t12-,13+,21-/m0/s1. The van der Waals surface area contributed by atoms with E-state index in [-0.39, 0.29) is 30.8 Å². The number of pyridine rings is 1. The van der Waals surface area contributed by atoms with Crippen LogP contribution in [0.25, 0.3) is 10.9 Å². The summed E-state index contributed by atoms with van der Waals surface area (Å²) in [5, 5.41) is 0.742. The number of benzene rings is 2. The van der Waals surface area contributed by atoms with E-state index in [1.54, 1.807) is 25.1 Å². The molecule has 1 fully saturated rings. The molecule has 190 valence electrons. The highest BCUT2D eigenvalue weighted by Crippen LogP contribution is 2.39. The number of halogens is 4. The molecule has 11 heteroatoms. The van der Waals surface area contributed by atoms with Crippen molar-refractivity contribution in [2.45, 2.75) is 45.0 Å². The average molecular weight is 505 g/mol. The number of anilines is 1. The van der Waals surface area contributed by atoms with Gasteiger partial charge in [-0.05, 0) is 43.7 Å². The average Bonchev–Trinajstić information content (AvgIpc) is 3.20. The summed E-state index contributed by atoms with van der Waals surface area (Å²) in [4.78, 5) is 19.7. The van der Waals surface area contributed by atoms with E-state index in [2.05, 4.69) is 9.72 Å². The van der Waals surface area contributed by atoms with Crippen LogP contribution in [0.15, 0.2) is 36.4 Å². The van der Waals surface area contributed by atoms with Gasteiger partial charge in [0.15, 0.2) is 0 Å². The number of hydrogen-bond acceptors (Lipinski definition) is 6. The first-order valence-electron chi connectivity index (χ1n) is 11.3. The van der Waals surface area contributed by atoms with Crippen molar-refractivity contribution in [3.8, 4) is 5.75 Å². The molecular formula is C25H23F4N3O4. The second-order valence-corrected chi connectivity index (χ2v) is 8.92. The van der Waals surface area contributed by atoms with E-state index in [1.165, 1.54) is 11.0 Å². The Hall–Kier alpha value is -3.44. The molecule has 5 rings (SSSR count). The van der Waals surface area contributed by atoms with Gasteiger partial charge in [0.2, 0.25) is 0 Å². The number of nitrogen functional groups attached to an aromatic ring is 1. The first-order chi connectivity index (χ1) is 17.0. The van der Waals surface area contributed by atoms with Crippen LogP contribution in [0.2, 0.25) is 0 Å². The molecule has 2 N–H and O–H groups in total. The van der Waals surface area contributed by atoms with Crippen molar-refractivity contribution >= 4 is 22.6 Å². The van der Waals surface area contributed by atoms with Crippen LogP contribution >= 0.6 is 0 Å². The molecule has 2 aliphatic rings. The van der Waals surface area contributed by atoms with Gasteiger partial charge in [0.05, 0.1) is 43.5 Å². The Balaban J connectivity index is 1.51. The summed E-state index contributed by atoms with van der Waals surface area (Å²) >= 11 is 0. The van der Waals surface area contributed by atoms with Gasteiger partial charge >= 0.3 is 6.36 Å². The lowest BCUT2D eigenvalue weighted by molar-refractivity contribution is -0.274. The third-order valence-corrected chi connectivity index (χ3v) is 6.54. The minimum atomic E-state index is -4.95. The first-order valence-corrected chi connectivity index (χ1v) is 11.3. The van der Waals surface area contributed by atoms with Gasteiger partial charge in [-0.15, -0.1) is 13.2 Å². The molecule has 0 aliphatic carbocycles. The molecule has 2 aromatic carbocycles. The SMILES string of the molecule is C[C@H]1OCc2c1c(N)nc1ccc(C(=O)N3[C@@H](C)COC[C@H]3c3ccc(OC(F)(F)F)cc3F)cc21. The van der Waals surface area contributed by atoms with Crippen LogP contribution in [0.5, 0.6) is 5.75 Å². The number of amides is 1. The van der Waals surface area contributed by atoms with Crippen molar-refractivity contribution < 1.29 is 36.6 Å². The van der Waals surface area contributed by atoms with Crippen LogP contribution < -0.4 is 10.5 Å². The maximum atomic E-state index is 14.9. The molecule has 0 saturated carbocycles. The Morgan fingerprint density at radius 3 is 2.67 bits per heavy atom. The molecule has 3 aromatic rings.